The first-order valence-electron chi connectivity index (χ1n) is 10.5. The number of hydrogen-bond acceptors (Lipinski definition) is 5. The summed E-state index contributed by atoms with van der Waals surface area (Å²) >= 11 is 0. The van der Waals surface area contributed by atoms with E-state index in [1.54, 1.807) is 6.20 Å². The van der Waals surface area contributed by atoms with Gasteiger partial charge in [0.2, 0.25) is 5.69 Å². The molecule has 0 fully saturated rings. The van der Waals surface area contributed by atoms with Gasteiger partial charge in [-0.2, -0.15) is 0 Å². The van der Waals surface area contributed by atoms with Crippen molar-refractivity contribution in [3.8, 4) is 5.88 Å². The zero-order chi connectivity index (χ0) is 22.9. The van der Waals surface area contributed by atoms with Crippen LogP contribution >= 0.6 is 0 Å². The number of ether oxygens (including phenoxy) is 2. The van der Waals surface area contributed by atoms with Crippen molar-refractivity contribution < 1.29 is 19.0 Å². The highest BCUT2D eigenvalue weighted by atomic mass is 16.6. The molecule has 0 radical (unpaired) electrons. The molecule has 2 aromatic heterocycles. The lowest BCUT2D eigenvalue weighted by atomic mass is 10.1. The number of benzene rings is 1. The maximum absolute atomic E-state index is 13.0. The van der Waals surface area contributed by atoms with Crippen LogP contribution in [0.4, 0.5) is 4.79 Å². The molecule has 0 saturated carbocycles. The Labute approximate surface area is 183 Å². The zero-order valence-corrected chi connectivity index (χ0v) is 19.4. The minimum absolute atomic E-state index is 0.190. The van der Waals surface area contributed by atoms with Gasteiger partial charge in [-0.3, -0.25) is 4.57 Å². The molecule has 0 N–H and O–H groups in total. The van der Waals surface area contributed by atoms with E-state index in [0.717, 1.165) is 21.2 Å². The summed E-state index contributed by atoms with van der Waals surface area (Å²) < 4.78 is 13.4. The number of nitrogens with zero attached hydrogens (tertiary/aromatic N) is 3. The van der Waals surface area contributed by atoms with Crippen molar-refractivity contribution in [2.75, 3.05) is 7.11 Å². The number of para-hydroxylation sites is 1. The number of methoxy groups -OCH3 is 1. The van der Waals surface area contributed by atoms with Gasteiger partial charge in [0.1, 0.15) is 11.3 Å². The van der Waals surface area contributed by atoms with Gasteiger partial charge in [0.15, 0.2) is 5.69 Å². The number of aromatic nitrogens is 3. The van der Waals surface area contributed by atoms with E-state index in [2.05, 4.69) is 13.8 Å². The van der Waals surface area contributed by atoms with E-state index in [1.807, 2.05) is 52.0 Å². The van der Waals surface area contributed by atoms with E-state index < -0.39 is 11.7 Å². The smallest absolute Gasteiger partial charge is 0.419 e. The van der Waals surface area contributed by atoms with Crippen LogP contribution in [0.2, 0.25) is 0 Å². The van der Waals surface area contributed by atoms with E-state index >= 15 is 0 Å². The van der Waals surface area contributed by atoms with Gasteiger partial charge in [-0.25, -0.2) is 9.78 Å². The number of fused-ring (bicyclic) bond motifs is 1. The Balaban J connectivity index is 2.07. The second kappa shape index (κ2) is 8.57. The molecule has 0 spiro atoms. The molecule has 166 valence electrons. The molecular formula is C24H31N3O4. The molecule has 0 bridgehead atoms. The number of carbonyl (C=O) groups is 1. The third-order valence-electron chi connectivity index (χ3n) is 4.93. The van der Waals surface area contributed by atoms with E-state index in [9.17, 15) is 10.0 Å². The van der Waals surface area contributed by atoms with Crippen molar-refractivity contribution in [1.29, 1.82) is 0 Å². The summed E-state index contributed by atoms with van der Waals surface area (Å²) in [6.45, 7) is 11.5. The molecule has 0 aliphatic rings. The predicted molar refractivity (Wildman–Crippen MR) is 119 cm³/mol. The third-order valence-corrected chi connectivity index (χ3v) is 4.93. The van der Waals surface area contributed by atoms with Gasteiger partial charge in [0.25, 0.3) is 0 Å². The second-order valence-electron chi connectivity index (χ2n) is 9.19. The Kier molecular flexibility index (Phi) is 6.25. The number of rotatable bonds is 5. The summed E-state index contributed by atoms with van der Waals surface area (Å²) in [4.78, 5) is 17.5. The minimum Gasteiger partial charge on any atom is -0.616 e. The first-order chi connectivity index (χ1) is 14.5. The molecule has 0 unspecified atom stereocenters. The van der Waals surface area contributed by atoms with Gasteiger partial charge >= 0.3 is 12.0 Å². The molecule has 2 heterocycles. The maximum Gasteiger partial charge on any atom is 0.419 e. The van der Waals surface area contributed by atoms with Crippen molar-refractivity contribution in [3.05, 3.63) is 58.3 Å². The minimum atomic E-state index is -0.606. The van der Waals surface area contributed by atoms with E-state index in [1.165, 1.54) is 11.7 Å². The van der Waals surface area contributed by atoms with Gasteiger partial charge in [0.05, 0.1) is 12.6 Å². The lowest BCUT2D eigenvalue weighted by molar-refractivity contribution is -0.622. The van der Waals surface area contributed by atoms with Gasteiger partial charge in [-0.15, -0.1) is 4.73 Å². The molecule has 3 aromatic rings. The Morgan fingerprint density at radius 2 is 1.94 bits per heavy atom. The fourth-order valence-corrected chi connectivity index (χ4v) is 3.67. The molecule has 3 rings (SSSR count). The Morgan fingerprint density at radius 3 is 2.55 bits per heavy atom. The van der Waals surface area contributed by atoms with Crippen LogP contribution in [-0.4, -0.2) is 28.4 Å². The summed E-state index contributed by atoms with van der Waals surface area (Å²) in [5, 5.41) is 13.9. The lowest BCUT2D eigenvalue weighted by Gasteiger charge is -2.19. The quantitative estimate of drug-likeness (QED) is 0.442. The van der Waals surface area contributed by atoms with Gasteiger partial charge in [-0.05, 0) is 45.2 Å². The Bertz CT molecular complexity index is 1110. The van der Waals surface area contributed by atoms with Crippen molar-refractivity contribution in [1.82, 2.24) is 9.55 Å². The van der Waals surface area contributed by atoms with Gasteiger partial charge in [-0.1, -0.05) is 32.0 Å². The molecule has 0 saturated heterocycles. The van der Waals surface area contributed by atoms with Gasteiger partial charge in [0, 0.05) is 24.4 Å². The fourth-order valence-electron chi connectivity index (χ4n) is 3.67. The summed E-state index contributed by atoms with van der Waals surface area (Å²) in [5.74, 6) is 0.512. The van der Waals surface area contributed by atoms with Crippen LogP contribution in [0.15, 0.2) is 30.5 Å². The number of aryl methyl sites for hydroxylation is 1. The van der Waals surface area contributed by atoms with Crippen LogP contribution in [0.3, 0.4) is 0 Å². The van der Waals surface area contributed by atoms with Gasteiger partial charge < -0.3 is 14.7 Å². The summed E-state index contributed by atoms with van der Waals surface area (Å²) in [7, 11) is 1.48. The number of hydrogen-bond donors (Lipinski definition) is 0. The average molecular weight is 426 g/mol. The molecule has 1 aromatic carbocycles. The molecule has 0 aliphatic carbocycles. The third kappa shape index (κ3) is 4.81. The van der Waals surface area contributed by atoms with Crippen LogP contribution in [0.25, 0.3) is 10.9 Å². The second-order valence-corrected chi connectivity index (χ2v) is 9.19. The number of carbonyl (C=O) groups excluding carboxylic acids is 1. The monoisotopic (exact) mass is 425 g/mol. The zero-order valence-electron chi connectivity index (χ0n) is 19.4. The highest BCUT2D eigenvalue weighted by Crippen LogP contribution is 2.27. The first-order valence-corrected chi connectivity index (χ1v) is 10.5. The van der Waals surface area contributed by atoms with Crippen LogP contribution in [0.1, 0.15) is 57.3 Å². The SMILES string of the molecule is COc1c(Cc2cn(C(=O)OC(C)(C)C)c3ccccc23)nc(C)c(CC(C)C)[n+]1[O-]. The summed E-state index contributed by atoms with van der Waals surface area (Å²) in [6.07, 6.45) is 2.28. The molecule has 31 heavy (non-hydrogen) atoms. The Hall–Kier alpha value is -3.09. The lowest BCUT2D eigenvalue weighted by Crippen LogP contribution is -2.37. The Morgan fingerprint density at radius 1 is 1.26 bits per heavy atom. The normalized spacial score (nSPS) is 11.9. The summed E-state index contributed by atoms with van der Waals surface area (Å²) in [6, 6.07) is 7.62. The van der Waals surface area contributed by atoms with Crippen LogP contribution in [0.5, 0.6) is 5.88 Å². The fraction of sp³-hybridized carbons (Fsp3) is 0.458. The van der Waals surface area contributed by atoms with Crippen molar-refractivity contribution in [2.45, 2.75) is 60.0 Å². The summed E-state index contributed by atoms with van der Waals surface area (Å²) in [5.41, 5.74) is 2.85. The average Bonchev–Trinajstić information content (AvgIpc) is 3.03. The standard InChI is InChI=1S/C24H31N3O4/c1-15(2)12-21-16(3)25-19(22(30-7)27(21)29)13-17-14-26(23(28)31-24(4,5)6)20-11-9-8-10-18(17)20/h8-11,14-15H,12-13H2,1-7H3. The van der Waals surface area contributed by atoms with Crippen molar-refractivity contribution in [3.63, 3.8) is 0 Å². The van der Waals surface area contributed by atoms with E-state index in [-0.39, 0.29) is 5.88 Å². The first kappa shape index (κ1) is 22.6. The molecule has 7 heteroatoms. The molecular weight excluding hydrogens is 394 g/mol. The molecule has 0 amide bonds. The van der Waals surface area contributed by atoms with E-state index in [0.29, 0.717) is 35.8 Å². The largest absolute Gasteiger partial charge is 0.616 e. The molecule has 0 atom stereocenters. The molecule has 0 aliphatic heterocycles. The highest BCUT2D eigenvalue weighted by Gasteiger charge is 2.26. The van der Waals surface area contributed by atoms with Crippen molar-refractivity contribution >= 4 is 17.0 Å². The maximum atomic E-state index is 13.0. The molecule has 7 nitrogen and oxygen atoms in total. The van der Waals surface area contributed by atoms with E-state index in [4.69, 9.17) is 14.5 Å². The van der Waals surface area contributed by atoms with Crippen LogP contribution in [0, 0.1) is 18.0 Å². The topological polar surface area (TPSA) is 80.3 Å². The predicted octanol–water partition coefficient (Wildman–Crippen LogP) is 4.56. The van der Waals surface area contributed by atoms with Crippen LogP contribution in [-0.2, 0) is 17.6 Å². The highest BCUT2D eigenvalue weighted by molar-refractivity contribution is 5.92. The van der Waals surface area contributed by atoms with Crippen LogP contribution < -0.4 is 9.47 Å². The van der Waals surface area contributed by atoms with Crippen molar-refractivity contribution in [2.24, 2.45) is 5.92 Å².